The van der Waals surface area contributed by atoms with Crippen LogP contribution in [-0.2, 0) is 7.05 Å². The summed E-state index contributed by atoms with van der Waals surface area (Å²) in [5.74, 6) is -0.0202. The molecule has 3 N–H and O–H groups in total. The topological polar surface area (TPSA) is 71.5 Å². The van der Waals surface area contributed by atoms with Gasteiger partial charge in [0.15, 0.2) is 0 Å². The number of aliphatic hydroxyl groups is 1. The molecular weight excluding hydrogens is 218 g/mol. The van der Waals surface area contributed by atoms with E-state index in [4.69, 9.17) is 10.8 Å². The fraction of sp³-hybridized carbons (Fsp3) is 0.583. The number of hydrogen-bond donors (Lipinski definition) is 2. The zero-order chi connectivity index (χ0) is 12.8. The number of carbonyl (C=O) groups is 1. The summed E-state index contributed by atoms with van der Waals surface area (Å²) in [6.45, 7) is 0.913. The van der Waals surface area contributed by atoms with Gasteiger partial charge in [0, 0.05) is 33.4 Å². The highest BCUT2D eigenvalue weighted by molar-refractivity contribution is 5.93. The number of carbonyl (C=O) groups excluding carboxylic acids is 1. The SMILES string of the molecule is CN(CCCCCO)C(=O)c1cc(N)cn1C. The van der Waals surface area contributed by atoms with E-state index < -0.39 is 0 Å². The van der Waals surface area contributed by atoms with Gasteiger partial charge in [0.2, 0.25) is 0 Å². The summed E-state index contributed by atoms with van der Waals surface area (Å²) in [4.78, 5) is 13.7. The van der Waals surface area contributed by atoms with Crippen molar-refractivity contribution in [2.24, 2.45) is 7.05 Å². The number of amides is 1. The molecule has 5 nitrogen and oxygen atoms in total. The maximum Gasteiger partial charge on any atom is 0.270 e. The van der Waals surface area contributed by atoms with Crippen molar-refractivity contribution in [2.75, 3.05) is 25.9 Å². The Morgan fingerprint density at radius 3 is 2.71 bits per heavy atom. The van der Waals surface area contributed by atoms with Gasteiger partial charge >= 0.3 is 0 Å². The van der Waals surface area contributed by atoms with Crippen molar-refractivity contribution < 1.29 is 9.90 Å². The first-order valence-corrected chi connectivity index (χ1v) is 5.84. The number of aryl methyl sites for hydroxylation is 1. The minimum atomic E-state index is -0.0202. The molecule has 1 amide bonds. The van der Waals surface area contributed by atoms with Crippen LogP contribution in [0.2, 0.25) is 0 Å². The van der Waals surface area contributed by atoms with Crippen molar-refractivity contribution in [1.29, 1.82) is 0 Å². The van der Waals surface area contributed by atoms with E-state index in [0.29, 0.717) is 17.9 Å². The molecule has 1 aromatic rings. The van der Waals surface area contributed by atoms with Crippen LogP contribution >= 0.6 is 0 Å². The van der Waals surface area contributed by atoms with Crippen LogP contribution in [0.1, 0.15) is 29.8 Å². The molecule has 0 spiro atoms. The van der Waals surface area contributed by atoms with Gasteiger partial charge in [-0.2, -0.15) is 0 Å². The van der Waals surface area contributed by atoms with Crippen molar-refractivity contribution in [3.8, 4) is 0 Å². The van der Waals surface area contributed by atoms with Gasteiger partial charge in [0.05, 0.1) is 5.69 Å². The summed E-state index contributed by atoms with van der Waals surface area (Å²) < 4.78 is 1.74. The molecule has 0 atom stereocenters. The van der Waals surface area contributed by atoms with Crippen molar-refractivity contribution in [2.45, 2.75) is 19.3 Å². The second-order valence-corrected chi connectivity index (χ2v) is 4.28. The van der Waals surface area contributed by atoms with Gasteiger partial charge in [-0.1, -0.05) is 0 Å². The minimum Gasteiger partial charge on any atom is -0.397 e. The first-order valence-electron chi connectivity index (χ1n) is 5.84. The summed E-state index contributed by atoms with van der Waals surface area (Å²) in [6, 6.07) is 1.69. The number of nitrogen functional groups attached to an aromatic ring is 1. The lowest BCUT2D eigenvalue weighted by atomic mass is 10.2. The third-order valence-corrected chi connectivity index (χ3v) is 2.74. The zero-order valence-corrected chi connectivity index (χ0v) is 10.5. The number of aromatic nitrogens is 1. The van der Waals surface area contributed by atoms with E-state index >= 15 is 0 Å². The first kappa shape index (κ1) is 13.6. The number of rotatable bonds is 6. The number of aliphatic hydroxyl groups excluding tert-OH is 1. The smallest absolute Gasteiger partial charge is 0.270 e. The molecule has 0 fully saturated rings. The van der Waals surface area contributed by atoms with Gasteiger partial charge in [-0.05, 0) is 25.3 Å². The highest BCUT2D eigenvalue weighted by Gasteiger charge is 2.14. The van der Waals surface area contributed by atoms with E-state index in [2.05, 4.69) is 0 Å². The van der Waals surface area contributed by atoms with Crippen LogP contribution in [0.4, 0.5) is 5.69 Å². The number of unbranched alkanes of at least 4 members (excludes halogenated alkanes) is 2. The van der Waals surface area contributed by atoms with Crippen LogP contribution in [0.5, 0.6) is 0 Å². The quantitative estimate of drug-likeness (QED) is 0.723. The van der Waals surface area contributed by atoms with E-state index in [1.165, 1.54) is 0 Å². The predicted molar refractivity (Wildman–Crippen MR) is 67.7 cm³/mol. The average Bonchev–Trinajstić information content (AvgIpc) is 2.62. The Kier molecular flexibility index (Phi) is 5.03. The van der Waals surface area contributed by atoms with Crippen molar-refractivity contribution in [3.63, 3.8) is 0 Å². The second kappa shape index (κ2) is 6.30. The lowest BCUT2D eigenvalue weighted by Crippen LogP contribution is -2.29. The Balaban J connectivity index is 2.49. The normalized spacial score (nSPS) is 10.5. The van der Waals surface area contributed by atoms with Crippen LogP contribution in [0, 0.1) is 0 Å². The molecule has 1 rings (SSSR count). The third-order valence-electron chi connectivity index (χ3n) is 2.74. The molecule has 0 radical (unpaired) electrons. The number of nitrogens with two attached hydrogens (primary N) is 1. The molecule has 96 valence electrons. The molecule has 0 aliphatic heterocycles. The molecule has 0 saturated heterocycles. The molecule has 0 unspecified atom stereocenters. The maximum absolute atomic E-state index is 12.0. The van der Waals surface area contributed by atoms with Gasteiger partial charge < -0.3 is 20.3 Å². The Labute approximate surface area is 102 Å². The van der Waals surface area contributed by atoms with Crippen molar-refractivity contribution in [1.82, 2.24) is 9.47 Å². The lowest BCUT2D eigenvalue weighted by Gasteiger charge is -2.17. The van der Waals surface area contributed by atoms with Crippen molar-refractivity contribution in [3.05, 3.63) is 18.0 Å². The summed E-state index contributed by atoms with van der Waals surface area (Å²) in [5, 5.41) is 8.66. The molecular formula is C12H21N3O2. The summed E-state index contributed by atoms with van der Waals surface area (Å²) in [5.41, 5.74) is 6.84. The molecule has 1 heterocycles. The van der Waals surface area contributed by atoms with E-state index in [9.17, 15) is 4.79 Å². The Morgan fingerprint density at radius 2 is 2.18 bits per heavy atom. The number of anilines is 1. The van der Waals surface area contributed by atoms with E-state index in [-0.39, 0.29) is 12.5 Å². The Hall–Kier alpha value is -1.49. The largest absolute Gasteiger partial charge is 0.397 e. The van der Waals surface area contributed by atoms with Gasteiger partial charge in [-0.3, -0.25) is 4.79 Å². The van der Waals surface area contributed by atoms with Crippen molar-refractivity contribution >= 4 is 11.6 Å². The molecule has 0 aromatic carbocycles. The van der Waals surface area contributed by atoms with Crippen LogP contribution in [0.15, 0.2) is 12.3 Å². The lowest BCUT2D eigenvalue weighted by molar-refractivity contribution is 0.0783. The predicted octanol–water partition coefficient (Wildman–Crippen LogP) is 0.842. The third kappa shape index (κ3) is 3.78. The fourth-order valence-corrected chi connectivity index (χ4v) is 1.74. The van der Waals surface area contributed by atoms with Crippen LogP contribution < -0.4 is 5.73 Å². The average molecular weight is 239 g/mol. The summed E-state index contributed by atoms with van der Waals surface area (Å²) in [6.07, 6.45) is 4.36. The van der Waals surface area contributed by atoms with Crippen LogP contribution in [-0.4, -0.2) is 40.7 Å². The van der Waals surface area contributed by atoms with Gasteiger partial charge in [-0.15, -0.1) is 0 Å². The molecule has 0 bridgehead atoms. The van der Waals surface area contributed by atoms with E-state index in [1.54, 1.807) is 28.8 Å². The summed E-state index contributed by atoms with van der Waals surface area (Å²) >= 11 is 0. The van der Waals surface area contributed by atoms with Crippen LogP contribution in [0.3, 0.4) is 0 Å². The van der Waals surface area contributed by atoms with Gasteiger partial charge in [-0.25, -0.2) is 0 Å². The molecule has 5 heteroatoms. The van der Waals surface area contributed by atoms with E-state index in [1.807, 2.05) is 7.05 Å². The molecule has 17 heavy (non-hydrogen) atoms. The standard InChI is InChI=1S/C12H21N3O2/c1-14(6-4-3-5-7-16)12(17)11-8-10(13)9-15(11)2/h8-9,16H,3-7,13H2,1-2H3. The maximum atomic E-state index is 12.0. The zero-order valence-electron chi connectivity index (χ0n) is 10.5. The van der Waals surface area contributed by atoms with Gasteiger partial charge in [0.25, 0.3) is 5.91 Å². The number of hydrogen-bond acceptors (Lipinski definition) is 3. The highest BCUT2D eigenvalue weighted by atomic mass is 16.2. The van der Waals surface area contributed by atoms with Gasteiger partial charge in [0.1, 0.15) is 5.69 Å². The Bertz CT molecular complexity index is 374. The fourth-order valence-electron chi connectivity index (χ4n) is 1.74. The number of nitrogens with zero attached hydrogens (tertiary/aromatic N) is 2. The monoisotopic (exact) mass is 239 g/mol. The Morgan fingerprint density at radius 1 is 1.47 bits per heavy atom. The second-order valence-electron chi connectivity index (χ2n) is 4.28. The first-order chi connectivity index (χ1) is 8.06. The van der Waals surface area contributed by atoms with E-state index in [0.717, 1.165) is 19.3 Å². The molecule has 0 aliphatic carbocycles. The minimum absolute atomic E-state index is 0.0202. The molecule has 0 saturated carbocycles. The summed E-state index contributed by atoms with van der Waals surface area (Å²) in [7, 11) is 3.59. The highest BCUT2D eigenvalue weighted by Crippen LogP contribution is 2.11. The van der Waals surface area contributed by atoms with Crippen LogP contribution in [0.25, 0.3) is 0 Å². The molecule has 1 aromatic heterocycles. The molecule has 0 aliphatic rings.